The van der Waals surface area contributed by atoms with E-state index in [-0.39, 0.29) is 0 Å². The van der Waals surface area contributed by atoms with E-state index in [9.17, 15) is 21.3 Å². The van der Waals surface area contributed by atoms with Gasteiger partial charge in [-0.05, 0) is 177 Å². The lowest BCUT2D eigenvalue weighted by atomic mass is 9.99. The number of hydrogen-bond donors (Lipinski definition) is 2. The third-order valence-corrected chi connectivity index (χ3v) is 16.1. The van der Waals surface area contributed by atoms with Crippen LogP contribution in [0.2, 0.25) is 0 Å². The van der Waals surface area contributed by atoms with E-state index in [1.807, 2.05) is 73.8 Å². The Bertz CT molecular complexity index is 5690. The highest BCUT2D eigenvalue weighted by Crippen LogP contribution is 2.49. The normalized spacial score (nSPS) is 12.1. The summed E-state index contributed by atoms with van der Waals surface area (Å²) in [6, 6.07) is 67.6. The Morgan fingerprint density at radius 2 is 0.733 bits per heavy atom. The molecule has 0 spiro atoms. The zero-order valence-electron chi connectivity index (χ0n) is 40.0. The van der Waals surface area contributed by atoms with Gasteiger partial charge in [-0.1, -0.05) is 42.5 Å². The van der Waals surface area contributed by atoms with Gasteiger partial charge in [0.15, 0.2) is 5.69 Å². The van der Waals surface area contributed by atoms with Crippen molar-refractivity contribution >= 4 is 153 Å². The third-order valence-electron chi connectivity index (χ3n) is 16.1. The van der Waals surface area contributed by atoms with Crippen LogP contribution in [0.5, 0.6) is 0 Å². The van der Waals surface area contributed by atoms with Gasteiger partial charge in [-0.2, -0.15) is 10.5 Å². The molecular weight excluding hydrogens is 919 g/mol. The van der Waals surface area contributed by atoms with Gasteiger partial charge in [0.25, 0.3) is 0 Å². The molecule has 9 heterocycles. The van der Waals surface area contributed by atoms with Gasteiger partial charge in [0.05, 0.1) is 73.7 Å². The molecule has 18 bridgehead atoms. The second-order valence-electron chi connectivity index (χ2n) is 20.0. The predicted molar refractivity (Wildman–Crippen MR) is 305 cm³/mol. The Kier molecular flexibility index (Phi) is 7.87. The number of rotatable bonds is 0. The van der Waals surface area contributed by atoms with Crippen LogP contribution in [0.3, 0.4) is 0 Å². The van der Waals surface area contributed by atoms with Crippen LogP contribution in [-0.2, 0) is 7.05 Å². The summed E-state index contributed by atoms with van der Waals surface area (Å²) in [5.74, 6) is 0. The van der Waals surface area contributed by atoms with Gasteiger partial charge in [0.2, 0.25) is 0 Å². The van der Waals surface area contributed by atoms with Gasteiger partial charge in [-0.3, -0.25) is 10.8 Å². The average molecular weight is 954 g/mol. The van der Waals surface area contributed by atoms with E-state index < -0.39 is 0 Å². The molecule has 9 nitrogen and oxygen atoms in total. The van der Waals surface area contributed by atoms with E-state index in [1.165, 1.54) is 0 Å². The quantitative estimate of drug-likeness (QED) is 0.147. The summed E-state index contributed by atoms with van der Waals surface area (Å²) in [5, 5.41) is 55.1. The molecule has 19 rings (SSSR count). The Balaban J connectivity index is 1.32. The third kappa shape index (κ3) is 5.46. The molecule has 0 saturated carbocycles. The van der Waals surface area contributed by atoms with E-state index in [0.29, 0.717) is 38.3 Å². The number of nitrogens with one attached hydrogen (secondary N) is 2. The van der Waals surface area contributed by atoms with Crippen molar-refractivity contribution in [3.63, 3.8) is 0 Å². The van der Waals surface area contributed by atoms with Crippen LogP contribution in [0.4, 0.5) is 5.69 Å². The largest absolute Gasteiger partial charge is 0.345 e. The van der Waals surface area contributed by atoms with Crippen LogP contribution in [0.15, 0.2) is 182 Å². The van der Waals surface area contributed by atoms with Crippen LogP contribution in [0, 0.1) is 40.1 Å². The molecule has 0 aliphatic heterocycles. The molecule has 0 radical (unpaired) electrons. The zero-order chi connectivity index (χ0) is 50.1. The minimum absolute atomic E-state index is 0.329. The monoisotopic (exact) mass is 953 g/mol. The molecule has 0 fully saturated rings. The van der Waals surface area contributed by atoms with Crippen LogP contribution in [0.1, 0.15) is 11.1 Å². The molecule has 19 aromatic rings. The van der Waals surface area contributed by atoms with Crippen molar-refractivity contribution in [2.45, 2.75) is 0 Å². The van der Waals surface area contributed by atoms with Crippen LogP contribution < -0.4 is 10.7 Å². The zero-order valence-corrected chi connectivity index (χ0v) is 40.0. The number of benzene rings is 10. The van der Waals surface area contributed by atoms with Gasteiger partial charge in [0.1, 0.15) is 0 Å². The number of aryl methyl sites for hydroxylation is 1. The standard InChI is InChI=1S/C66H35N9/c1-71-47-27-44-26-46(28-47)63(70)38-5-12-50(13-6-38)73-56-18-7-39-30-53(56)59-64-60-54-31-40(8-19-57(54)74(64)49-10-3-37(4-11-49)62(69)45-23-35(33-67)21-42(39)25-45)43-22-36(34-68)24-52(29-43)72(2)48-14-16-51(17-15-48)75-58-20-9-41(44)32-55(58)61(65(59)73)66(60)75/h3-32,69-70H,2H3. The van der Waals surface area contributed by atoms with E-state index >= 15 is 0 Å². The molecule has 344 valence electrons. The fourth-order valence-electron chi connectivity index (χ4n) is 12.5. The van der Waals surface area contributed by atoms with Crippen molar-refractivity contribution in [2.24, 2.45) is 7.05 Å². The van der Waals surface area contributed by atoms with Crippen LogP contribution in [0.25, 0.3) is 152 Å². The van der Waals surface area contributed by atoms with Crippen molar-refractivity contribution < 1.29 is 0 Å². The first-order valence-electron chi connectivity index (χ1n) is 24.7. The van der Waals surface area contributed by atoms with E-state index in [1.54, 1.807) is 6.07 Å². The lowest BCUT2D eigenvalue weighted by molar-refractivity contribution is 0.998. The molecule has 2 N–H and O–H groups in total. The van der Waals surface area contributed by atoms with Gasteiger partial charge < -0.3 is 17.8 Å². The van der Waals surface area contributed by atoms with Crippen LogP contribution in [-0.4, -0.2) is 17.8 Å². The first-order valence-corrected chi connectivity index (χ1v) is 24.7. The molecule has 0 amide bonds. The molecule has 0 aliphatic carbocycles. The van der Waals surface area contributed by atoms with E-state index in [2.05, 4.69) is 144 Å². The number of hydrogen-bond acceptors (Lipinski definition) is 4. The second-order valence-corrected chi connectivity index (χ2v) is 20.0. The van der Waals surface area contributed by atoms with Crippen molar-refractivity contribution in [1.29, 1.82) is 21.3 Å². The summed E-state index contributed by atoms with van der Waals surface area (Å²) in [6.07, 6.45) is 0. The Labute approximate surface area is 424 Å². The molecular formula is C66H35N9. The number of fused-ring (bicyclic) bond motifs is 6. The van der Waals surface area contributed by atoms with E-state index in [0.717, 1.165) is 136 Å². The summed E-state index contributed by atoms with van der Waals surface area (Å²) in [5.41, 5.74) is 12.2. The minimum Gasteiger partial charge on any atom is -0.345 e. The molecule has 75 heavy (non-hydrogen) atoms. The van der Waals surface area contributed by atoms with E-state index in [4.69, 9.17) is 6.57 Å². The minimum atomic E-state index is 0.329. The Hall–Kier alpha value is -10.8. The van der Waals surface area contributed by atoms with Crippen molar-refractivity contribution in [2.75, 3.05) is 0 Å². The maximum absolute atomic E-state index is 10.5. The molecule has 0 aliphatic rings. The summed E-state index contributed by atoms with van der Waals surface area (Å²) in [7, 11) is 2.04. The van der Waals surface area contributed by atoms with Crippen LogP contribution >= 0.6 is 0 Å². The van der Waals surface area contributed by atoms with Gasteiger partial charge in [-0.25, -0.2) is 4.85 Å². The second kappa shape index (κ2) is 14.4. The smallest absolute Gasteiger partial charge is 0.188 e. The molecule has 9 aromatic heterocycles. The van der Waals surface area contributed by atoms with Crippen molar-refractivity contribution in [1.82, 2.24) is 17.8 Å². The first-order chi connectivity index (χ1) is 36.7. The fraction of sp³-hybridized carbons (Fsp3) is 0.0152. The molecule has 10 aromatic carbocycles. The highest BCUT2D eigenvalue weighted by atomic mass is 15.0. The van der Waals surface area contributed by atoms with Gasteiger partial charge in [0, 0.05) is 83.1 Å². The summed E-state index contributed by atoms with van der Waals surface area (Å²) >= 11 is 0. The van der Waals surface area contributed by atoms with Gasteiger partial charge >= 0.3 is 0 Å². The maximum atomic E-state index is 10.5. The summed E-state index contributed by atoms with van der Waals surface area (Å²) in [4.78, 5) is 3.92. The molecule has 0 saturated heterocycles. The lowest BCUT2D eigenvalue weighted by Crippen LogP contribution is -1.99. The average Bonchev–Trinajstić information content (AvgIpc) is 4.11. The topological polar surface area (TPSA) is 118 Å². The number of nitrogens with zero attached hydrogens (tertiary/aromatic N) is 7. The number of aromatic nitrogens is 4. The predicted octanol–water partition coefficient (Wildman–Crippen LogP) is 15.4. The lowest BCUT2D eigenvalue weighted by Gasteiger charge is -2.08. The maximum Gasteiger partial charge on any atom is 0.188 e. The van der Waals surface area contributed by atoms with Crippen molar-refractivity contribution in [3.05, 3.63) is 215 Å². The highest BCUT2D eigenvalue weighted by molar-refractivity contribution is 6.41. The Morgan fingerprint density at radius 1 is 0.373 bits per heavy atom. The highest BCUT2D eigenvalue weighted by Gasteiger charge is 2.27. The van der Waals surface area contributed by atoms with Crippen molar-refractivity contribution in [3.8, 4) is 12.1 Å². The first kappa shape index (κ1) is 40.9. The van der Waals surface area contributed by atoms with Gasteiger partial charge in [-0.15, -0.1) is 0 Å². The number of nitriles is 2. The molecule has 0 unspecified atom stereocenters. The molecule has 9 heteroatoms. The fourth-order valence-corrected chi connectivity index (χ4v) is 12.5. The summed E-state index contributed by atoms with van der Waals surface area (Å²) in [6.45, 7) is 8.18. The Morgan fingerprint density at radius 3 is 1.19 bits per heavy atom. The summed E-state index contributed by atoms with van der Waals surface area (Å²) < 4.78 is 9.36. The SMILES string of the molecule is [C-]#[N+]c1cc2cc(c1)c1ccc3c(c1)c1c4c5c6cc(ccc6n4c4ccc(cc4)c2=N)c2cc(C#N)cc(c2)c(=N)c2ccc(cc2)n2c4ccc6cc4c(c1n3c1ccc(cc1)n(C)c1cc(C#N)cc6c1)c52. The molecule has 0 atom stereocenters.